The van der Waals surface area contributed by atoms with Crippen molar-refractivity contribution in [1.82, 2.24) is 0 Å². The minimum absolute atomic E-state index is 0.0390. The lowest BCUT2D eigenvalue weighted by Crippen LogP contribution is -2.32. The lowest BCUT2D eigenvalue weighted by Gasteiger charge is -2.19. The fourth-order valence-electron chi connectivity index (χ4n) is 2.14. The van der Waals surface area contributed by atoms with E-state index < -0.39 is 17.8 Å². The Labute approximate surface area is 140 Å². The zero-order chi connectivity index (χ0) is 17.5. The highest BCUT2D eigenvalue weighted by molar-refractivity contribution is 5.95. The molecule has 0 heterocycles. The van der Waals surface area contributed by atoms with Gasteiger partial charge in [-0.05, 0) is 30.7 Å². The Morgan fingerprint density at radius 2 is 1.88 bits per heavy atom. The summed E-state index contributed by atoms with van der Waals surface area (Å²) in [5.74, 6) is 0.200. The Bertz CT molecular complexity index is 705. The Morgan fingerprint density at radius 1 is 1.12 bits per heavy atom. The largest absolute Gasteiger partial charge is 0.497 e. The molecular formula is C18H20FNO4. The van der Waals surface area contributed by atoms with E-state index in [-0.39, 0.29) is 5.75 Å². The normalized spacial score (nSPS) is 11.5. The number of halogens is 1. The van der Waals surface area contributed by atoms with E-state index in [9.17, 15) is 9.18 Å². The predicted octanol–water partition coefficient (Wildman–Crippen LogP) is 3.64. The highest BCUT2D eigenvalue weighted by Crippen LogP contribution is 2.29. The Hall–Kier alpha value is -2.76. The minimum Gasteiger partial charge on any atom is -0.497 e. The van der Waals surface area contributed by atoms with Crippen LogP contribution in [0.5, 0.6) is 17.2 Å². The first-order valence-corrected chi connectivity index (χ1v) is 7.53. The molecule has 5 nitrogen and oxygen atoms in total. The van der Waals surface area contributed by atoms with E-state index in [4.69, 9.17) is 14.2 Å². The van der Waals surface area contributed by atoms with Crippen molar-refractivity contribution in [1.29, 1.82) is 0 Å². The molecule has 2 aromatic rings. The molecule has 24 heavy (non-hydrogen) atoms. The molecule has 0 bridgehead atoms. The van der Waals surface area contributed by atoms with Crippen LogP contribution in [0, 0.1) is 5.82 Å². The van der Waals surface area contributed by atoms with Crippen molar-refractivity contribution in [2.45, 2.75) is 19.4 Å². The molecule has 1 amide bonds. The number of hydrogen-bond acceptors (Lipinski definition) is 4. The molecule has 6 heteroatoms. The number of benzene rings is 2. The Kier molecular flexibility index (Phi) is 6.01. The average Bonchev–Trinajstić information content (AvgIpc) is 2.60. The summed E-state index contributed by atoms with van der Waals surface area (Å²) in [6.07, 6.45) is -0.454. The molecule has 2 rings (SSSR count). The van der Waals surface area contributed by atoms with Crippen LogP contribution in [0.3, 0.4) is 0 Å². The van der Waals surface area contributed by atoms with Crippen LogP contribution in [0.4, 0.5) is 10.1 Å². The van der Waals surface area contributed by atoms with Gasteiger partial charge in [0.15, 0.2) is 17.7 Å². The second-order valence-corrected chi connectivity index (χ2v) is 5.00. The lowest BCUT2D eigenvalue weighted by molar-refractivity contribution is -0.122. The number of carbonyl (C=O) groups is 1. The smallest absolute Gasteiger partial charge is 0.265 e. The van der Waals surface area contributed by atoms with Gasteiger partial charge >= 0.3 is 0 Å². The van der Waals surface area contributed by atoms with Gasteiger partial charge in [0.05, 0.1) is 19.9 Å². The van der Waals surface area contributed by atoms with Gasteiger partial charge in [0, 0.05) is 6.07 Å². The Morgan fingerprint density at radius 3 is 2.50 bits per heavy atom. The molecule has 0 aliphatic heterocycles. The van der Waals surface area contributed by atoms with Gasteiger partial charge in [0.25, 0.3) is 5.91 Å². The molecule has 128 valence electrons. The van der Waals surface area contributed by atoms with Crippen LogP contribution < -0.4 is 19.5 Å². The standard InChI is InChI=1S/C18H20FNO4/c1-4-15(24-16-8-6-5-7-13(16)19)18(21)20-14-11-12(22-2)9-10-17(14)23-3/h5-11,15H,4H2,1-3H3,(H,20,21)/t15-/m0/s1. The maximum atomic E-state index is 13.7. The molecule has 0 spiro atoms. The van der Waals surface area contributed by atoms with Crippen molar-refractivity contribution in [2.24, 2.45) is 0 Å². The minimum atomic E-state index is -0.835. The molecule has 1 N–H and O–H groups in total. The van der Waals surface area contributed by atoms with Crippen molar-refractivity contribution < 1.29 is 23.4 Å². The van der Waals surface area contributed by atoms with Gasteiger partial charge in [-0.15, -0.1) is 0 Å². The third-order valence-electron chi connectivity index (χ3n) is 3.43. The summed E-state index contributed by atoms with van der Waals surface area (Å²) in [5.41, 5.74) is 0.456. The van der Waals surface area contributed by atoms with Gasteiger partial charge in [-0.1, -0.05) is 19.1 Å². The number of methoxy groups -OCH3 is 2. The Balaban J connectivity index is 2.16. The first-order valence-electron chi connectivity index (χ1n) is 7.53. The summed E-state index contributed by atoms with van der Waals surface area (Å²) in [6, 6.07) is 11.0. The molecule has 0 saturated heterocycles. The summed E-state index contributed by atoms with van der Waals surface area (Å²) >= 11 is 0. The third kappa shape index (κ3) is 4.16. The maximum absolute atomic E-state index is 13.7. The monoisotopic (exact) mass is 333 g/mol. The molecule has 0 aliphatic carbocycles. The van der Waals surface area contributed by atoms with E-state index in [0.29, 0.717) is 23.6 Å². The summed E-state index contributed by atoms with van der Waals surface area (Å²) in [4.78, 5) is 12.5. The van der Waals surface area contributed by atoms with Gasteiger partial charge in [-0.25, -0.2) is 4.39 Å². The van der Waals surface area contributed by atoms with Gasteiger partial charge in [0.1, 0.15) is 11.5 Å². The van der Waals surface area contributed by atoms with Crippen LogP contribution in [0.1, 0.15) is 13.3 Å². The molecule has 0 unspecified atom stereocenters. The van der Waals surface area contributed by atoms with E-state index in [1.807, 2.05) is 0 Å². The lowest BCUT2D eigenvalue weighted by atomic mass is 10.2. The van der Waals surface area contributed by atoms with Crippen molar-refractivity contribution >= 4 is 11.6 Å². The highest BCUT2D eigenvalue weighted by atomic mass is 19.1. The van der Waals surface area contributed by atoms with E-state index in [1.54, 1.807) is 37.3 Å². The fourth-order valence-corrected chi connectivity index (χ4v) is 2.14. The molecule has 2 aromatic carbocycles. The van der Waals surface area contributed by atoms with Gasteiger partial charge < -0.3 is 19.5 Å². The molecule has 0 fully saturated rings. The highest BCUT2D eigenvalue weighted by Gasteiger charge is 2.21. The molecule has 0 aliphatic rings. The van der Waals surface area contributed by atoms with Crippen LogP contribution in [0.2, 0.25) is 0 Å². The quantitative estimate of drug-likeness (QED) is 0.840. The number of anilines is 1. The van der Waals surface area contributed by atoms with Crippen molar-refractivity contribution in [3.63, 3.8) is 0 Å². The van der Waals surface area contributed by atoms with E-state index in [0.717, 1.165) is 0 Å². The van der Waals surface area contributed by atoms with Crippen LogP contribution in [-0.4, -0.2) is 26.2 Å². The van der Waals surface area contributed by atoms with Crippen LogP contribution in [0.15, 0.2) is 42.5 Å². The summed E-state index contributed by atoms with van der Waals surface area (Å²) in [7, 11) is 3.04. The predicted molar refractivity (Wildman–Crippen MR) is 89.3 cm³/mol. The van der Waals surface area contributed by atoms with Crippen LogP contribution >= 0.6 is 0 Å². The van der Waals surface area contributed by atoms with E-state index >= 15 is 0 Å². The average molecular weight is 333 g/mol. The van der Waals surface area contributed by atoms with Crippen molar-refractivity contribution in [3.05, 3.63) is 48.3 Å². The number of hydrogen-bond donors (Lipinski definition) is 1. The van der Waals surface area contributed by atoms with Gasteiger partial charge in [-0.2, -0.15) is 0 Å². The summed E-state index contributed by atoms with van der Waals surface area (Å²) in [5, 5.41) is 2.74. The van der Waals surface area contributed by atoms with Crippen LogP contribution in [-0.2, 0) is 4.79 Å². The molecule has 0 aromatic heterocycles. The maximum Gasteiger partial charge on any atom is 0.265 e. The topological polar surface area (TPSA) is 56.8 Å². The van der Waals surface area contributed by atoms with E-state index in [1.165, 1.54) is 26.4 Å². The van der Waals surface area contributed by atoms with Crippen molar-refractivity contribution in [3.8, 4) is 17.2 Å². The fraction of sp³-hybridized carbons (Fsp3) is 0.278. The van der Waals surface area contributed by atoms with Crippen molar-refractivity contribution in [2.75, 3.05) is 19.5 Å². The SMILES string of the molecule is CC[C@H](Oc1ccccc1F)C(=O)Nc1cc(OC)ccc1OC. The zero-order valence-corrected chi connectivity index (χ0v) is 13.8. The third-order valence-corrected chi connectivity index (χ3v) is 3.43. The second kappa shape index (κ2) is 8.19. The van der Waals surface area contributed by atoms with E-state index in [2.05, 4.69) is 5.32 Å². The van der Waals surface area contributed by atoms with Gasteiger partial charge in [0.2, 0.25) is 0 Å². The first kappa shape index (κ1) is 17.6. The summed E-state index contributed by atoms with van der Waals surface area (Å²) in [6.45, 7) is 1.79. The molecule has 1 atom stereocenters. The zero-order valence-electron chi connectivity index (χ0n) is 13.8. The number of para-hydroxylation sites is 1. The number of amides is 1. The second-order valence-electron chi connectivity index (χ2n) is 5.00. The molecule has 0 saturated carbocycles. The number of carbonyl (C=O) groups excluding carboxylic acids is 1. The number of ether oxygens (including phenoxy) is 3. The van der Waals surface area contributed by atoms with Crippen LogP contribution in [0.25, 0.3) is 0 Å². The molecule has 0 radical (unpaired) electrons. The number of nitrogens with one attached hydrogen (secondary N) is 1. The summed E-state index contributed by atoms with van der Waals surface area (Å²) < 4.78 is 29.6. The molecular weight excluding hydrogens is 313 g/mol. The van der Waals surface area contributed by atoms with Gasteiger partial charge in [-0.3, -0.25) is 4.79 Å². The number of rotatable bonds is 7. The first-order chi connectivity index (χ1) is 11.6.